The van der Waals surface area contributed by atoms with Crippen LogP contribution in [0.3, 0.4) is 0 Å². The van der Waals surface area contributed by atoms with E-state index in [2.05, 4.69) is 5.32 Å². The maximum absolute atomic E-state index is 13.4. The molecule has 2 aromatic rings. The molecule has 0 aliphatic carbocycles. The van der Waals surface area contributed by atoms with Gasteiger partial charge in [-0.15, -0.1) is 11.3 Å². The minimum atomic E-state index is -0.173. The Morgan fingerprint density at radius 1 is 1.36 bits per heavy atom. The molecule has 0 saturated carbocycles. The third kappa shape index (κ3) is 5.31. The first-order chi connectivity index (χ1) is 10.7. The summed E-state index contributed by atoms with van der Waals surface area (Å²) in [6.07, 6.45) is 3.39. The summed E-state index contributed by atoms with van der Waals surface area (Å²) in [5, 5.41) is 4.84. The number of hydrogen-bond acceptors (Lipinski definition) is 3. The van der Waals surface area contributed by atoms with Crippen molar-refractivity contribution in [1.29, 1.82) is 0 Å². The Kier molecular flexibility index (Phi) is 6.68. The first-order valence-corrected chi connectivity index (χ1v) is 9.01. The van der Waals surface area contributed by atoms with Gasteiger partial charge in [-0.1, -0.05) is 18.2 Å². The first kappa shape index (κ1) is 16.8. The van der Waals surface area contributed by atoms with Gasteiger partial charge < -0.3 is 5.32 Å². The van der Waals surface area contributed by atoms with Gasteiger partial charge in [-0.05, 0) is 41.6 Å². The fourth-order valence-electron chi connectivity index (χ4n) is 1.81. The van der Waals surface area contributed by atoms with Crippen LogP contribution in [0.5, 0.6) is 0 Å². The van der Waals surface area contributed by atoms with E-state index in [1.165, 1.54) is 11.6 Å². The molecule has 1 aromatic heterocycles. The van der Waals surface area contributed by atoms with Crippen molar-refractivity contribution in [2.45, 2.75) is 12.7 Å². The molecule has 0 atom stereocenters. The van der Waals surface area contributed by atoms with Crippen LogP contribution >= 0.6 is 23.1 Å². The van der Waals surface area contributed by atoms with Crippen molar-refractivity contribution in [2.75, 3.05) is 12.3 Å². The van der Waals surface area contributed by atoms with Crippen molar-refractivity contribution in [3.8, 4) is 0 Å². The molecule has 1 N–H and O–H groups in total. The second-order valence-electron chi connectivity index (χ2n) is 4.74. The van der Waals surface area contributed by atoms with Crippen LogP contribution in [0.25, 0.3) is 6.08 Å². The second kappa shape index (κ2) is 8.76. The van der Waals surface area contributed by atoms with Gasteiger partial charge in [-0.2, -0.15) is 11.8 Å². The third-order valence-electron chi connectivity index (χ3n) is 3.05. The second-order valence-corrected chi connectivity index (χ2v) is 6.79. The molecule has 116 valence electrons. The predicted molar refractivity (Wildman–Crippen MR) is 93.7 cm³/mol. The van der Waals surface area contributed by atoms with Gasteiger partial charge in [0.2, 0.25) is 5.91 Å². The molecule has 22 heavy (non-hydrogen) atoms. The Morgan fingerprint density at radius 2 is 2.18 bits per heavy atom. The number of carbonyl (C=O) groups is 1. The zero-order valence-corrected chi connectivity index (χ0v) is 14.0. The molecule has 1 aromatic carbocycles. The summed E-state index contributed by atoms with van der Waals surface area (Å²) in [6.45, 7) is 2.60. The van der Waals surface area contributed by atoms with E-state index in [0.29, 0.717) is 17.9 Å². The number of benzene rings is 1. The van der Waals surface area contributed by atoms with Crippen molar-refractivity contribution >= 4 is 35.1 Å². The van der Waals surface area contributed by atoms with Crippen LogP contribution in [-0.4, -0.2) is 18.2 Å². The van der Waals surface area contributed by atoms with Gasteiger partial charge in [0, 0.05) is 29.0 Å². The van der Waals surface area contributed by atoms with Crippen LogP contribution < -0.4 is 5.32 Å². The van der Waals surface area contributed by atoms with Crippen LogP contribution in [0.1, 0.15) is 16.0 Å². The lowest BCUT2D eigenvalue weighted by molar-refractivity contribution is -0.116. The molecule has 0 fully saturated rings. The molecular weight excluding hydrogens is 317 g/mol. The quantitative estimate of drug-likeness (QED) is 0.605. The number of aryl methyl sites for hydroxylation is 1. The molecule has 0 spiro atoms. The van der Waals surface area contributed by atoms with Crippen molar-refractivity contribution in [1.82, 2.24) is 5.32 Å². The maximum Gasteiger partial charge on any atom is 0.244 e. The van der Waals surface area contributed by atoms with Gasteiger partial charge in [-0.25, -0.2) is 4.39 Å². The van der Waals surface area contributed by atoms with E-state index in [0.717, 1.165) is 10.6 Å². The standard InChI is InChI=1S/C17H18FNOS2/c1-13-8-10-22-16(13)6-7-17(20)19-9-11-21-12-14-4-2-3-5-15(14)18/h2-8,10H,9,11-12H2,1H3,(H,19,20)/b7-6+. The smallest absolute Gasteiger partial charge is 0.244 e. The number of thiophene rings is 1. The van der Waals surface area contributed by atoms with E-state index in [1.807, 2.05) is 30.5 Å². The number of amides is 1. The molecule has 0 radical (unpaired) electrons. The summed E-state index contributed by atoms with van der Waals surface area (Å²) in [4.78, 5) is 12.8. The predicted octanol–water partition coefficient (Wildman–Crippen LogP) is 4.26. The van der Waals surface area contributed by atoms with E-state index >= 15 is 0 Å². The number of nitrogens with one attached hydrogen (secondary N) is 1. The molecule has 5 heteroatoms. The lowest BCUT2D eigenvalue weighted by Crippen LogP contribution is -2.23. The lowest BCUT2D eigenvalue weighted by Gasteiger charge is -2.04. The van der Waals surface area contributed by atoms with E-state index < -0.39 is 0 Å². The molecule has 0 saturated heterocycles. The zero-order valence-electron chi connectivity index (χ0n) is 12.3. The van der Waals surface area contributed by atoms with Crippen LogP contribution in [0.15, 0.2) is 41.8 Å². The molecule has 1 heterocycles. The van der Waals surface area contributed by atoms with E-state index in [1.54, 1.807) is 41.3 Å². The van der Waals surface area contributed by atoms with Gasteiger partial charge in [0.25, 0.3) is 0 Å². The van der Waals surface area contributed by atoms with Crippen molar-refractivity contribution in [3.05, 3.63) is 63.6 Å². The number of halogens is 1. The monoisotopic (exact) mass is 335 g/mol. The molecule has 0 aliphatic rings. The summed E-state index contributed by atoms with van der Waals surface area (Å²) in [5.41, 5.74) is 1.88. The van der Waals surface area contributed by atoms with Gasteiger partial charge in [0.1, 0.15) is 5.82 Å². The molecule has 2 rings (SSSR count). The highest BCUT2D eigenvalue weighted by Crippen LogP contribution is 2.17. The first-order valence-electron chi connectivity index (χ1n) is 6.98. The number of rotatable bonds is 7. The molecule has 0 unspecified atom stereocenters. The molecular formula is C17H18FNOS2. The summed E-state index contributed by atoms with van der Waals surface area (Å²) >= 11 is 3.22. The van der Waals surface area contributed by atoms with Crippen LogP contribution in [0.2, 0.25) is 0 Å². The maximum atomic E-state index is 13.4. The summed E-state index contributed by atoms with van der Waals surface area (Å²) in [6, 6.07) is 8.80. The average molecular weight is 335 g/mol. The zero-order chi connectivity index (χ0) is 15.8. The minimum absolute atomic E-state index is 0.0979. The highest BCUT2D eigenvalue weighted by Gasteiger charge is 2.01. The summed E-state index contributed by atoms with van der Waals surface area (Å²) in [7, 11) is 0. The van der Waals surface area contributed by atoms with Crippen molar-refractivity contribution in [3.63, 3.8) is 0 Å². The highest BCUT2D eigenvalue weighted by molar-refractivity contribution is 7.98. The van der Waals surface area contributed by atoms with Gasteiger partial charge in [0.05, 0.1) is 0 Å². The molecule has 2 nitrogen and oxygen atoms in total. The Morgan fingerprint density at radius 3 is 2.91 bits per heavy atom. The lowest BCUT2D eigenvalue weighted by atomic mass is 10.2. The number of carbonyl (C=O) groups excluding carboxylic acids is 1. The Bertz CT molecular complexity index is 652. The Balaban J connectivity index is 1.64. The topological polar surface area (TPSA) is 29.1 Å². The number of hydrogen-bond donors (Lipinski definition) is 1. The van der Waals surface area contributed by atoms with Crippen molar-refractivity contribution < 1.29 is 9.18 Å². The number of thioether (sulfide) groups is 1. The van der Waals surface area contributed by atoms with E-state index in [4.69, 9.17) is 0 Å². The van der Waals surface area contributed by atoms with E-state index in [9.17, 15) is 9.18 Å². The normalized spacial score (nSPS) is 11.0. The molecule has 0 bridgehead atoms. The van der Waals surface area contributed by atoms with Gasteiger partial charge >= 0.3 is 0 Å². The highest BCUT2D eigenvalue weighted by atomic mass is 32.2. The van der Waals surface area contributed by atoms with E-state index in [-0.39, 0.29) is 11.7 Å². The fraction of sp³-hybridized carbons (Fsp3) is 0.235. The minimum Gasteiger partial charge on any atom is -0.352 e. The summed E-state index contributed by atoms with van der Waals surface area (Å²) < 4.78 is 13.4. The largest absolute Gasteiger partial charge is 0.352 e. The fourth-order valence-corrected chi connectivity index (χ4v) is 3.47. The van der Waals surface area contributed by atoms with Gasteiger partial charge in [0.15, 0.2) is 0 Å². The average Bonchev–Trinajstić information content (AvgIpc) is 2.92. The van der Waals surface area contributed by atoms with Crippen LogP contribution in [0.4, 0.5) is 4.39 Å². The third-order valence-corrected chi connectivity index (χ3v) is 5.04. The van der Waals surface area contributed by atoms with Crippen LogP contribution in [-0.2, 0) is 10.5 Å². The molecule has 1 amide bonds. The van der Waals surface area contributed by atoms with Crippen molar-refractivity contribution in [2.24, 2.45) is 0 Å². The van der Waals surface area contributed by atoms with Gasteiger partial charge in [-0.3, -0.25) is 4.79 Å². The SMILES string of the molecule is Cc1ccsc1/C=C/C(=O)NCCSCc1ccccc1F. The summed E-state index contributed by atoms with van der Waals surface area (Å²) in [5.74, 6) is 1.10. The Labute approximate surface area is 138 Å². The Hall–Kier alpha value is -1.59. The van der Waals surface area contributed by atoms with Crippen LogP contribution in [0, 0.1) is 12.7 Å². The molecule has 0 aliphatic heterocycles.